The molecule has 5 nitrogen and oxygen atoms in total. The first-order valence-corrected chi connectivity index (χ1v) is 4.28. The molecule has 74 valence electrons. The number of carbonyl (C=O) groups excluding carboxylic acids is 1. The first kappa shape index (κ1) is 8.98. The number of hydrazine groups is 1. The second-order valence-electron chi connectivity index (χ2n) is 3.05. The largest absolute Gasteiger partial charge is 0.482 e. The first-order chi connectivity index (χ1) is 6.79. The molecule has 1 aliphatic heterocycles. The molecule has 0 aliphatic carbocycles. The van der Waals surface area contributed by atoms with Crippen LogP contribution >= 0.6 is 0 Å². The van der Waals surface area contributed by atoms with Crippen molar-refractivity contribution in [1.29, 1.82) is 0 Å². The fourth-order valence-corrected chi connectivity index (χ4v) is 1.36. The number of benzene rings is 1. The van der Waals surface area contributed by atoms with Crippen LogP contribution in [0, 0.1) is 0 Å². The lowest BCUT2D eigenvalue weighted by molar-refractivity contribution is -0.118. The van der Waals surface area contributed by atoms with Crippen molar-refractivity contribution in [3.63, 3.8) is 0 Å². The van der Waals surface area contributed by atoms with Crippen LogP contribution in [0.15, 0.2) is 18.2 Å². The molecule has 5 heteroatoms. The molecule has 4 N–H and O–H groups in total. The summed E-state index contributed by atoms with van der Waals surface area (Å²) in [4.78, 5) is 11.0. The molecular formula is C9H11N3O2. The molecule has 1 heterocycles. The Kier molecular flexibility index (Phi) is 2.34. The Labute approximate surface area is 81.2 Å². The summed E-state index contributed by atoms with van der Waals surface area (Å²) in [6.07, 6.45) is 0. The van der Waals surface area contributed by atoms with Crippen LogP contribution in [0.25, 0.3) is 0 Å². The molecule has 1 amide bonds. The van der Waals surface area contributed by atoms with Crippen LogP contribution < -0.4 is 21.3 Å². The van der Waals surface area contributed by atoms with Gasteiger partial charge in [0.05, 0.1) is 5.69 Å². The maximum absolute atomic E-state index is 11.0. The number of fused-ring (bicyclic) bond motifs is 1. The summed E-state index contributed by atoms with van der Waals surface area (Å²) < 4.78 is 5.21. The van der Waals surface area contributed by atoms with Gasteiger partial charge in [0.1, 0.15) is 5.75 Å². The van der Waals surface area contributed by atoms with E-state index in [2.05, 4.69) is 10.7 Å². The highest BCUT2D eigenvalue weighted by Gasteiger charge is 2.15. The molecule has 1 aromatic carbocycles. The van der Waals surface area contributed by atoms with Gasteiger partial charge in [0, 0.05) is 6.54 Å². The van der Waals surface area contributed by atoms with Crippen molar-refractivity contribution < 1.29 is 9.53 Å². The van der Waals surface area contributed by atoms with Gasteiger partial charge in [-0.05, 0) is 17.7 Å². The Morgan fingerprint density at radius 2 is 2.43 bits per heavy atom. The quantitative estimate of drug-likeness (QED) is 0.455. The molecular weight excluding hydrogens is 182 g/mol. The lowest BCUT2D eigenvalue weighted by atomic mass is 10.1. The normalized spacial score (nSPS) is 14.2. The predicted octanol–water partition coefficient (Wildman–Crippen LogP) is -0.0192. The van der Waals surface area contributed by atoms with E-state index in [4.69, 9.17) is 10.6 Å². The monoisotopic (exact) mass is 193 g/mol. The molecule has 1 aromatic rings. The lowest BCUT2D eigenvalue weighted by Crippen LogP contribution is -2.26. The van der Waals surface area contributed by atoms with E-state index in [1.54, 1.807) is 0 Å². The van der Waals surface area contributed by atoms with Gasteiger partial charge >= 0.3 is 0 Å². The molecule has 0 saturated heterocycles. The zero-order valence-corrected chi connectivity index (χ0v) is 7.54. The highest BCUT2D eigenvalue weighted by Crippen LogP contribution is 2.28. The van der Waals surface area contributed by atoms with Crippen LogP contribution in [0.4, 0.5) is 5.69 Å². The molecule has 0 bridgehead atoms. The van der Waals surface area contributed by atoms with Gasteiger partial charge in [-0.3, -0.25) is 16.1 Å². The molecule has 0 unspecified atom stereocenters. The minimum absolute atomic E-state index is 0.0848. The minimum Gasteiger partial charge on any atom is -0.482 e. The number of anilines is 1. The molecule has 0 fully saturated rings. The zero-order valence-electron chi connectivity index (χ0n) is 7.54. The van der Waals surface area contributed by atoms with Crippen molar-refractivity contribution in [3.8, 4) is 5.75 Å². The summed E-state index contributed by atoms with van der Waals surface area (Å²) >= 11 is 0. The molecule has 0 spiro atoms. The standard InChI is InChI=1S/C9H11N3O2/c10-11-4-6-1-2-8-7(3-6)12-9(13)5-14-8/h1-3,11H,4-5,10H2,(H,12,13). The third-order valence-corrected chi connectivity index (χ3v) is 1.98. The highest BCUT2D eigenvalue weighted by molar-refractivity contribution is 5.95. The maximum Gasteiger partial charge on any atom is 0.262 e. The predicted molar refractivity (Wildman–Crippen MR) is 51.6 cm³/mol. The average Bonchev–Trinajstić information content (AvgIpc) is 2.17. The summed E-state index contributed by atoms with van der Waals surface area (Å²) in [5, 5.41) is 2.73. The van der Waals surface area contributed by atoms with Crippen LogP contribution in [-0.2, 0) is 11.3 Å². The van der Waals surface area contributed by atoms with E-state index in [0.29, 0.717) is 18.0 Å². The van der Waals surface area contributed by atoms with Gasteiger partial charge < -0.3 is 10.1 Å². The Balaban J connectivity index is 2.28. The molecule has 1 aliphatic rings. The SMILES string of the molecule is NNCc1ccc2c(c1)NC(=O)CO2. The van der Waals surface area contributed by atoms with Gasteiger partial charge in [0.25, 0.3) is 5.91 Å². The van der Waals surface area contributed by atoms with Gasteiger partial charge in [0.15, 0.2) is 6.61 Å². The number of amides is 1. The third kappa shape index (κ3) is 1.68. The number of carbonyl (C=O) groups is 1. The Hall–Kier alpha value is -1.59. The van der Waals surface area contributed by atoms with Crippen LogP contribution in [0.2, 0.25) is 0 Å². The second kappa shape index (κ2) is 3.65. The zero-order chi connectivity index (χ0) is 9.97. The molecule has 2 rings (SSSR count). The summed E-state index contributed by atoms with van der Waals surface area (Å²) in [7, 11) is 0. The number of nitrogens with two attached hydrogens (primary N) is 1. The number of hydrogen-bond donors (Lipinski definition) is 3. The Morgan fingerprint density at radius 1 is 1.57 bits per heavy atom. The Morgan fingerprint density at radius 3 is 3.21 bits per heavy atom. The van der Waals surface area contributed by atoms with E-state index in [9.17, 15) is 4.79 Å². The van der Waals surface area contributed by atoms with E-state index in [1.165, 1.54) is 0 Å². The van der Waals surface area contributed by atoms with Crippen LogP contribution in [0.5, 0.6) is 5.75 Å². The number of ether oxygens (including phenoxy) is 1. The topological polar surface area (TPSA) is 76.4 Å². The Bertz CT molecular complexity index is 365. The average molecular weight is 193 g/mol. The van der Waals surface area contributed by atoms with Gasteiger partial charge in [-0.25, -0.2) is 0 Å². The van der Waals surface area contributed by atoms with Gasteiger partial charge in [-0.2, -0.15) is 0 Å². The van der Waals surface area contributed by atoms with Gasteiger partial charge in [-0.1, -0.05) is 6.07 Å². The maximum atomic E-state index is 11.0. The van der Waals surface area contributed by atoms with Gasteiger partial charge in [-0.15, -0.1) is 0 Å². The van der Waals surface area contributed by atoms with Crippen LogP contribution in [-0.4, -0.2) is 12.5 Å². The number of hydrogen-bond acceptors (Lipinski definition) is 4. The molecule has 0 atom stereocenters. The van der Waals surface area contributed by atoms with Crippen molar-refractivity contribution in [1.82, 2.24) is 5.43 Å². The van der Waals surface area contributed by atoms with Crippen molar-refractivity contribution >= 4 is 11.6 Å². The van der Waals surface area contributed by atoms with Crippen LogP contribution in [0.3, 0.4) is 0 Å². The first-order valence-electron chi connectivity index (χ1n) is 4.28. The fourth-order valence-electron chi connectivity index (χ4n) is 1.36. The fraction of sp³-hybridized carbons (Fsp3) is 0.222. The van der Waals surface area contributed by atoms with Gasteiger partial charge in [0.2, 0.25) is 0 Å². The van der Waals surface area contributed by atoms with Crippen molar-refractivity contribution in [2.75, 3.05) is 11.9 Å². The van der Waals surface area contributed by atoms with E-state index >= 15 is 0 Å². The lowest BCUT2D eigenvalue weighted by Gasteiger charge is -2.18. The molecule has 0 radical (unpaired) electrons. The highest BCUT2D eigenvalue weighted by atomic mass is 16.5. The van der Waals surface area contributed by atoms with Crippen molar-refractivity contribution in [2.24, 2.45) is 5.84 Å². The summed E-state index contributed by atoms with van der Waals surface area (Å²) in [6, 6.07) is 5.56. The van der Waals surface area contributed by atoms with Crippen LogP contribution in [0.1, 0.15) is 5.56 Å². The summed E-state index contributed by atoms with van der Waals surface area (Å²) in [5.41, 5.74) is 4.25. The second-order valence-corrected chi connectivity index (χ2v) is 3.05. The van der Waals surface area contributed by atoms with Crippen molar-refractivity contribution in [3.05, 3.63) is 23.8 Å². The number of nitrogens with one attached hydrogen (secondary N) is 2. The van der Waals surface area contributed by atoms with E-state index in [1.807, 2.05) is 18.2 Å². The minimum atomic E-state index is -0.129. The summed E-state index contributed by atoms with van der Waals surface area (Å²) in [6.45, 7) is 0.643. The third-order valence-electron chi connectivity index (χ3n) is 1.98. The van der Waals surface area contributed by atoms with Crippen molar-refractivity contribution in [2.45, 2.75) is 6.54 Å². The van der Waals surface area contributed by atoms with E-state index in [-0.39, 0.29) is 12.5 Å². The smallest absolute Gasteiger partial charge is 0.262 e. The molecule has 0 saturated carbocycles. The van der Waals surface area contributed by atoms with E-state index < -0.39 is 0 Å². The molecule has 0 aromatic heterocycles. The summed E-state index contributed by atoms with van der Waals surface area (Å²) in [5.74, 6) is 5.77. The number of rotatable bonds is 2. The molecule has 14 heavy (non-hydrogen) atoms. The van der Waals surface area contributed by atoms with E-state index in [0.717, 1.165) is 5.56 Å².